The molecule has 0 saturated carbocycles. The van der Waals surface area contributed by atoms with Crippen LogP contribution in [-0.2, 0) is 25.7 Å². The van der Waals surface area contributed by atoms with Gasteiger partial charge in [0.05, 0.1) is 36.8 Å². The molecule has 2 unspecified atom stereocenters. The molecule has 2 heterocycles. The summed E-state index contributed by atoms with van der Waals surface area (Å²) in [5, 5.41) is 9.33. The van der Waals surface area contributed by atoms with Gasteiger partial charge in [-0.2, -0.15) is 10.3 Å². The molecule has 0 radical (unpaired) electrons. The van der Waals surface area contributed by atoms with Gasteiger partial charge in [-0.3, -0.25) is 14.1 Å². The number of carbonyl (C=O) groups is 1. The predicted octanol–water partition coefficient (Wildman–Crippen LogP) is 14.5. The molecule has 4 aliphatic rings. The van der Waals surface area contributed by atoms with E-state index in [1.165, 1.54) is 22.3 Å². The zero-order valence-corrected chi connectivity index (χ0v) is 42.3. The van der Waals surface area contributed by atoms with Gasteiger partial charge in [0.25, 0.3) is 0 Å². The molecule has 2 atom stereocenters. The zero-order chi connectivity index (χ0) is 48.8. The van der Waals surface area contributed by atoms with Crippen LogP contribution in [0.5, 0.6) is 11.5 Å². The van der Waals surface area contributed by atoms with Crippen LogP contribution in [-0.4, -0.2) is 45.2 Å². The molecular formula is C58H56N6O3Si2. The molecule has 6 aromatic carbocycles. The minimum Gasteiger partial charge on any atom is -0.486 e. The quantitative estimate of drug-likeness (QED) is 0.0759. The van der Waals surface area contributed by atoms with E-state index in [9.17, 15) is 10.1 Å². The van der Waals surface area contributed by atoms with E-state index in [0.29, 0.717) is 35.5 Å². The zero-order valence-electron chi connectivity index (χ0n) is 40.3. The Balaban J connectivity index is 0.000000154. The summed E-state index contributed by atoms with van der Waals surface area (Å²) < 4.78 is 21.6. The van der Waals surface area contributed by atoms with Crippen LogP contribution in [0.15, 0.2) is 148 Å². The van der Waals surface area contributed by atoms with Crippen LogP contribution < -0.4 is 9.47 Å². The first kappa shape index (κ1) is 48.0. The molecule has 0 saturated heterocycles. The third-order valence-corrected chi connectivity index (χ3v) is 14.3. The number of ketones is 1. The molecule has 69 heavy (non-hydrogen) atoms. The van der Waals surface area contributed by atoms with E-state index in [0.717, 1.165) is 77.8 Å². The lowest BCUT2D eigenvalue weighted by Gasteiger charge is -2.42. The molecule has 0 aromatic heterocycles. The van der Waals surface area contributed by atoms with Crippen molar-refractivity contribution in [2.75, 3.05) is 0 Å². The van der Waals surface area contributed by atoms with Gasteiger partial charge in [-0.1, -0.05) is 97.1 Å². The predicted molar refractivity (Wildman–Crippen MR) is 282 cm³/mol. The Morgan fingerprint density at radius 3 is 1.48 bits per heavy atom. The number of Topliss-reactive ketones (excluding diaryl/α,β-unsaturated/α-hetero) is 1. The Morgan fingerprint density at radius 2 is 1.00 bits per heavy atom. The normalized spacial score (nSPS) is 19.0. The number of nitriles is 1. The SMILES string of the molecule is C[Si](C)(C)N=C=N[Si](C)(C)C.[C-]#[N+]c1cccc(-c2ccc3c(c2)C(=NC#N)CC2(CCc4ccccc4C2)O3)c1.[C-]#[N+]c1cccc(-c2ccc3c(c2)C(=O)CC2(CCc4ccccc4C2)O3)c1. The minimum absolute atomic E-state index is 0.142. The second-order valence-electron chi connectivity index (χ2n) is 20.3. The summed E-state index contributed by atoms with van der Waals surface area (Å²) in [6, 6.07) is 46.6. The number of fused-ring (bicyclic) bond motifs is 4. The molecule has 0 amide bonds. The first-order valence-electron chi connectivity index (χ1n) is 23.5. The molecule has 11 heteroatoms. The summed E-state index contributed by atoms with van der Waals surface area (Å²) in [5.74, 6) is 1.60. The molecule has 6 aromatic rings. The fraction of sp³-hybridized carbons (Fsp3) is 0.276. The highest BCUT2D eigenvalue weighted by atomic mass is 28.3. The standard InChI is InChI=1S/C26H19N3O.C25H19NO2.C7H18N2Si2/c1-28-22-8-4-7-19(13-22)20-9-10-25-23(14-20)24(29-17-27)16-26(30-25)12-11-18-5-2-3-6-21(18)15-26;1-26-21-8-4-7-18(13-21)19-9-10-24-22(14-19)23(27)16-25(28-24)12-11-17-5-2-3-6-20(17)15-25;1-10(2,3)8-7-9-11(4,5)6/h2-10,13-14H,11-12,15-16H2;2-10,13-14H,11-12,15-16H2;1-6H3. The molecule has 9 nitrogen and oxygen atoms in total. The minimum atomic E-state index is -1.31. The van der Waals surface area contributed by atoms with Gasteiger partial charge in [-0.15, -0.1) is 0 Å². The van der Waals surface area contributed by atoms with Gasteiger partial charge in [0.1, 0.15) is 22.7 Å². The van der Waals surface area contributed by atoms with Gasteiger partial charge in [-0.25, -0.2) is 9.69 Å². The average molecular weight is 941 g/mol. The number of hydrogen-bond donors (Lipinski definition) is 0. The maximum Gasteiger partial charge on any atom is 0.205 e. The van der Waals surface area contributed by atoms with Crippen molar-refractivity contribution in [3.8, 4) is 39.9 Å². The van der Waals surface area contributed by atoms with Crippen LogP contribution in [0.4, 0.5) is 11.4 Å². The lowest BCUT2D eigenvalue weighted by atomic mass is 9.75. The Kier molecular flexibility index (Phi) is 13.9. The van der Waals surface area contributed by atoms with Gasteiger partial charge < -0.3 is 9.47 Å². The Morgan fingerprint density at radius 1 is 0.551 bits per heavy atom. The fourth-order valence-electron chi connectivity index (χ4n) is 9.38. The number of aryl methyl sites for hydroxylation is 2. The van der Waals surface area contributed by atoms with Crippen LogP contribution in [0.1, 0.15) is 63.9 Å². The molecule has 2 aliphatic heterocycles. The molecule has 10 rings (SSSR count). The molecule has 2 aliphatic carbocycles. The lowest BCUT2D eigenvalue weighted by molar-refractivity contribution is 0.0308. The highest BCUT2D eigenvalue weighted by Gasteiger charge is 2.44. The van der Waals surface area contributed by atoms with E-state index in [1.807, 2.05) is 79.0 Å². The number of carbonyl (C=O) groups excluding carboxylic acids is 1. The van der Waals surface area contributed by atoms with Crippen LogP contribution in [0.25, 0.3) is 31.9 Å². The van der Waals surface area contributed by atoms with Crippen LogP contribution in [0.3, 0.4) is 0 Å². The maximum absolute atomic E-state index is 13.0. The number of ether oxygens (including phenoxy) is 2. The van der Waals surface area contributed by atoms with Crippen molar-refractivity contribution in [2.24, 2.45) is 14.3 Å². The van der Waals surface area contributed by atoms with E-state index in [4.69, 9.17) is 22.6 Å². The van der Waals surface area contributed by atoms with E-state index < -0.39 is 22.1 Å². The number of aliphatic imine (C=N–C) groups is 1. The molecule has 0 N–H and O–H groups in total. The molecule has 344 valence electrons. The first-order chi connectivity index (χ1) is 33.1. The average Bonchev–Trinajstić information content (AvgIpc) is 3.33. The van der Waals surface area contributed by atoms with E-state index in [-0.39, 0.29) is 11.4 Å². The second-order valence-corrected chi connectivity index (χ2v) is 29.4. The van der Waals surface area contributed by atoms with Crippen LogP contribution >= 0.6 is 0 Å². The van der Waals surface area contributed by atoms with Crippen molar-refractivity contribution in [3.63, 3.8) is 0 Å². The summed E-state index contributed by atoms with van der Waals surface area (Å²) >= 11 is 0. The third kappa shape index (κ3) is 11.6. The van der Waals surface area contributed by atoms with Gasteiger partial charge in [0, 0.05) is 24.8 Å². The van der Waals surface area contributed by atoms with Crippen molar-refractivity contribution in [1.82, 2.24) is 0 Å². The van der Waals surface area contributed by atoms with Crippen LogP contribution in [0, 0.1) is 24.6 Å². The summed E-state index contributed by atoms with van der Waals surface area (Å²) in [4.78, 5) is 24.3. The van der Waals surface area contributed by atoms with Crippen molar-refractivity contribution in [3.05, 3.63) is 190 Å². The number of benzene rings is 6. The Bertz CT molecular complexity index is 3160. The lowest BCUT2D eigenvalue weighted by Crippen LogP contribution is -2.46. The van der Waals surface area contributed by atoms with Gasteiger partial charge in [0.15, 0.2) is 33.6 Å². The summed E-state index contributed by atoms with van der Waals surface area (Å²) in [7, 11) is -2.63. The number of rotatable bonds is 4. The maximum atomic E-state index is 13.0. The summed E-state index contributed by atoms with van der Waals surface area (Å²) in [6.45, 7) is 27.5. The molecule has 2 spiro atoms. The largest absolute Gasteiger partial charge is 0.486 e. The van der Waals surface area contributed by atoms with Crippen molar-refractivity contribution >= 4 is 45.3 Å². The van der Waals surface area contributed by atoms with E-state index in [2.05, 4.69) is 118 Å². The van der Waals surface area contributed by atoms with E-state index >= 15 is 0 Å². The monoisotopic (exact) mass is 940 g/mol. The van der Waals surface area contributed by atoms with Crippen molar-refractivity contribution < 1.29 is 14.3 Å². The fourth-order valence-corrected chi connectivity index (χ4v) is 10.2. The summed E-state index contributed by atoms with van der Waals surface area (Å²) in [5.41, 5.74) is 11.9. The smallest absolute Gasteiger partial charge is 0.205 e. The van der Waals surface area contributed by atoms with Gasteiger partial charge >= 0.3 is 0 Å². The highest BCUT2D eigenvalue weighted by molar-refractivity contribution is 6.76. The highest BCUT2D eigenvalue weighted by Crippen LogP contribution is 2.44. The molecule has 0 fully saturated rings. The topological polar surface area (TPSA) is 105 Å². The van der Waals surface area contributed by atoms with E-state index in [1.54, 1.807) is 12.1 Å². The van der Waals surface area contributed by atoms with Crippen molar-refractivity contribution in [1.29, 1.82) is 5.26 Å². The van der Waals surface area contributed by atoms with Gasteiger partial charge in [-0.05, 0) is 146 Å². The number of hydrogen-bond acceptors (Lipinski definition) is 7. The number of nitrogens with zero attached hydrogens (tertiary/aromatic N) is 6. The second kappa shape index (κ2) is 20.0. The van der Waals surface area contributed by atoms with Gasteiger partial charge in [0.2, 0.25) is 6.19 Å². The Labute approximate surface area is 408 Å². The van der Waals surface area contributed by atoms with Crippen LogP contribution in [0.2, 0.25) is 39.3 Å². The Hall–Kier alpha value is -7.46. The van der Waals surface area contributed by atoms with Crippen molar-refractivity contribution in [2.45, 2.75) is 102 Å². The molecule has 0 bridgehead atoms. The third-order valence-electron chi connectivity index (χ3n) is 12.7. The molecular weight excluding hydrogens is 885 g/mol. The first-order valence-corrected chi connectivity index (χ1v) is 30.4. The summed E-state index contributed by atoms with van der Waals surface area (Å²) in [6.07, 6.45) is 8.31.